The van der Waals surface area contributed by atoms with Crippen molar-refractivity contribution < 1.29 is 18.4 Å². The summed E-state index contributed by atoms with van der Waals surface area (Å²) in [6.07, 6.45) is -0.590. The molecule has 6 nitrogen and oxygen atoms in total. The van der Waals surface area contributed by atoms with Crippen LogP contribution in [-0.4, -0.2) is 35.8 Å². The van der Waals surface area contributed by atoms with Crippen LogP contribution in [-0.2, 0) is 11.3 Å². The summed E-state index contributed by atoms with van der Waals surface area (Å²) in [5.41, 5.74) is 0.923. The van der Waals surface area contributed by atoms with E-state index in [0.29, 0.717) is 29.6 Å². The number of aryl methyl sites for hydroxylation is 1. The van der Waals surface area contributed by atoms with E-state index in [1.807, 2.05) is 0 Å². The molecule has 24 heavy (non-hydrogen) atoms. The second-order valence-electron chi connectivity index (χ2n) is 5.53. The average molecular weight is 354 g/mol. The molecule has 1 unspecified atom stereocenters. The number of amides is 2. The minimum atomic E-state index is -0.590. The van der Waals surface area contributed by atoms with E-state index in [1.54, 1.807) is 24.0 Å². The Labute approximate surface area is 143 Å². The van der Waals surface area contributed by atoms with Gasteiger partial charge in [-0.3, -0.25) is 0 Å². The quantitative estimate of drug-likeness (QED) is 0.920. The molecule has 1 saturated heterocycles. The zero-order chi connectivity index (χ0) is 17.1. The molecule has 0 aliphatic carbocycles. The lowest BCUT2D eigenvalue weighted by atomic mass is 10.1. The maximum atomic E-state index is 14.0. The Bertz CT molecular complexity index is 717. The van der Waals surface area contributed by atoms with Gasteiger partial charge in [0.15, 0.2) is 0 Å². The molecule has 0 spiro atoms. The third-order valence-electron chi connectivity index (χ3n) is 3.77. The fourth-order valence-corrected chi connectivity index (χ4v) is 2.89. The predicted octanol–water partition coefficient (Wildman–Crippen LogP) is 3.06. The molecule has 1 atom stereocenters. The molecule has 1 aliphatic rings. The summed E-state index contributed by atoms with van der Waals surface area (Å²) in [7, 11) is 0. The number of carbonyl (C=O) groups is 1. The van der Waals surface area contributed by atoms with Gasteiger partial charge in [0.1, 0.15) is 23.4 Å². The lowest BCUT2D eigenvalue weighted by Crippen LogP contribution is -2.47. The number of rotatable bonds is 3. The highest BCUT2D eigenvalue weighted by Gasteiger charge is 2.28. The van der Waals surface area contributed by atoms with Gasteiger partial charge in [-0.2, -0.15) is 0 Å². The highest BCUT2D eigenvalue weighted by Crippen LogP contribution is 2.30. The molecule has 2 aromatic rings. The number of nitrogens with one attached hydrogen (secondary N) is 1. The van der Waals surface area contributed by atoms with Gasteiger partial charge in [0.05, 0.1) is 19.7 Å². The molecule has 2 heterocycles. The van der Waals surface area contributed by atoms with Gasteiger partial charge < -0.3 is 19.5 Å². The summed E-state index contributed by atoms with van der Waals surface area (Å²) in [4.78, 5) is 13.9. The number of urea groups is 1. The van der Waals surface area contributed by atoms with E-state index in [4.69, 9.17) is 20.9 Å². The minimum Gasteiger partial charge on any atom is -0.370 e. The van der Waals surface area contributed by atoms with Gasteiger partial charge >= 0.3 is 6.03 Å². The van der Waals surface area contributed by atoms with Crippen LogP contribution >= 0.6 is 11.6 Å². The van der Waals surface area contributed by atoms with Crippen molar-refractivity contribution in [2.24, 2.45) is 0 Å². The lowest BCUT2D eigenvalue weighted by Gasteiger charge is -2.33. The summed E-state index contributed by atoms with van der Waals surface area (Å²) in [6.45, 7) is 3.00. The van der Waals surface area contributed by atoms with Crippen LogP contribution < -0.4 is 5.32 Å². The second-order valence-corrected chi connectivity index (χ2v) is 5.94. The van der Waals surface area contributed by atoms with Gasteiger partial charge in [-0.05, 0) is 19.1 Å². The molecule has 1 aliphatic heterocycles. The van der Waals surface area contributed by atoms with Crippen molar-refractivity contribution >= 4 is 17.6 Å². The average Bonchev–Trinajstić information content (AvgIpc) is 2.98. The summed E-state index contributed by atoms with van der Waals surface area (Å²) in [5.74, 6) is 0.243. The molecule has 0 radical (unpaired) electrons. The summed E-state index contributed by atoms with van der Waals surface area (Å²) < 4.78 is 24.6. The normalized spacial score (nSPS) is 17.8. The van der Waals surface area contributed by atoms with Gasteiger partial charge in [-0.25, -0.2) is 9.18 Å². The number of hydrogen-bond acceptors (Lipinski definition) is 4. The van der Waals surface area contributed by atoms with Crippen molar-refractivity contribution in [3.05, 3.63) is 52.1 Å². The van der Waals surface area contributed by atoms with Crippen LogP contribution in [0.5, 0.6) is 0 Å². The largest absolute Gasteiger partial charge is 0.370 e. The van der Waals surface area contributed by atoms with E-state index >= 15 is 0 Å². The molecule has 1 aromatic carbocycles. The SMILES string of the molecule is Cc1cc(CNC(=O)N2CCOC(c3c(F)cccc3Cl)C2)no1. The third-order valence-corrected chi connectivity index (χ3v) is 4.10. The summed E-state index contributed by atoms with van der Waals surface area (Å²) in [5, 5.41) is 6.88. The standard InChI is InChI=1S/C16H17ClFN3O3/c1-10-7-11(20-24-10)8-19-16(22)21-5-6-23-14(9-21)15-12(17)3-2-4-13(15)18/h2-4,7,14H,5-6,8-9H2,1H3,(H,19,22). The zero-order valence-electron chi connectivity index (χ0n) is 13.1. The molecule has 1 aromatic heterocycles. The smallest absolute Gasteiger partial charge is 0.317 e. The van der Waals surface area contributed by atoms with Crippen molar-refractivity contribution in [2.45, 2.75) is 19.6 Å². The van der Waals surface area contributed by atoms with E-state index < -0.39 is 11.9 Å². The van der Waals surface area contributed by atoms with Crippen molar-refractivity contribution in [3.63, 3.8) is 0 Å². The molecule has 8 heteroatoms. The van der Waals surface area contributed by atoms with Crippen molar-refractivity contribution in [1.29, 1.82) is 0 Å². The fraction of sp³-hybridized carbons (Fsp3) is 0.375. The zero-order valence-corrected chi connectivity index (χ0v) is 13.8. The maximum absolute atomic E-state index is 14.0. The first kappa shape index (κ1) is 16.7. The van der Waals surface area contributed by atoms with E-state index in [2.05, 4.69) is 10.5 Å². The highest BCUT2D eigenvalue weighted by molar-refractivity contribution is 6.31. The second kappa shape index (κ2) is 7.19. The van der Waals surface area contributed by atoms with Crippen LogP contribution in [0.25, 0.3) is 0 Å². The van der Waals surface area contributed by atoms with E-state index in [9.17, 15) is 9.18 Å². The van der Waals surface area contributed by atoms with Crippen LogP contribution in [0.3, 0.4) is 0 Å². The van der Waals surface area contributed by atoms with Gasteiger partial charge in [-0.1, -0.05) is 22.8 Å². The Balaban J connectivity index is 1.63. The van der Waals surface area contributed by atoms with Crippen LogP contribution in [0.15, 0.2) is 28.8 Å². The Kier molecular flexibility index (Phi) is 5.01. The maximum Gasteiger partial charge on any atom is 0.317 e. The molecular weight excluding hydrogens is 337 g/mol. The monoisotopic (exact) mass is 353 g/mol. The molecule has 2 amide bonds. The molecule has 1 fully saturated rings. The number of nitrogens with zero attached hydrogens (tertiary/aromatic N) is 2. The highest BCUT2D eigenvalue weighted by atomic mass is 35.5. The van der Waals surface area contributed by atoms with E-state index in [1.165, 1.54) is 12.1 Å². The fourth-order valence-electron chi connectivity index (χ4n) is 2.61. The molecule has 0 saturated carbocycles. The summed E-state index contributed by atoms with van der Waals surface area (Å²) >= 11 is 6.08. The summed E-state index contributed by atoms with van der Waals surface area (Å²) in [6, 6.07) is 5.96. The number of carbonyl (C=O) groups excluding carboxylic acids is 1. The number of hydrogen-bond donors (Lipinski definition) is 1. The van der Waals surface area contributed by atoms with Crippen molar-refractivity contribution in [1.82, 2.24) is 15.4 Å². The van der Waals surface area contributed by atoms with Gasteiger partial charge in [0, 0.05) is 23.2 Å². The molecule has 3 rings (SSSR count). The predicted molar refractivity (Wildman–Crippen MR) is 85.2 cm³/mol. The van der Waals surface area contributed by atoms with Crippen LogP contribution in [0.4, 0.5) is 9.18 Å². The van der Waals surface area contributed by atoms with Crippen LogP contribution in [0.1, 0.15) is 23.1 Å². The Morgan fingerprint density at radius 1 is 1.54 bits per heavy atom. The Morgan fingerprint density at radius 2 is 2.38 bits per heavy atom. The van der Waals surface area contributed by atoms with Crippen LogP contribution in [0.2, 0.25) is 5.02 Å². The number of benzene rings is 1. The molecule has 128 valence electrons. The minimum absolute atomic E-state index is 0.227. The molecular formula is C16H17ClFN3O3. The Morgan fingerprint density at radius 3 is 3.08 bits per heavy atom. The van der Waals surface area contributed by atoms with E-state index in [-0.39, 0.29) is 24.7 Å². The number of morpholine rings is 1. The van der Waals surface area contributed by atoms with E-state index in [0.717, 1.165) is 0 Å². The van der Waals surface area contributed by atoms with Gasteiger partial charge in [0.25, 0.3) is 0 Å². The number of halogens is 2. The van der Waals surface area contributed by atoms with Crippen molar-refractivity contribution in [2.75, 3.05) is 19.7 Å². The Hall–Kier alpha value is -2.12. The third kappa shape index (κ3) is 3.68. The first-order valence-electron chi connectivity index (χ1n) is 7.55. The molecule has 1 N–H and O–H groups in total. The first-order chi connectivity index (χ1) is 11.5. The topological polar surface area (TPSA) is 67.6 Å². The van der Waals surface area contributed by atoms with Crippen LogP contribution in [0, 0.1) is 12.7 Å². The molecule has 0 bridgehead atoms. The van der Waals surface area contributed by atoms with Crippen molar-refractivity contribution in [3.8, 4) is 0 Å². The first-order valence-corrected chi connectivity index (χ1v) is 7.93. The van der Waals surface area contributed by atoms with Gasteiger partial charge in [-0.15, -0.1) is 0 Å². The van der Waals surface area contributed by atoms with Gasteiger partial charge in [0.2, 0.25) is 0 Å². The lowest BCUT2D eigenvalue weighted by molar-refractivity contribution is -0.0171. The number of ether oxygens (including phenoxy) is 1. The number of aromatic nitrogens is 1.